The van der Waals surface area contributed by atoms with E-state index in [1.54, 1.807) is 11.8 Å². The zero-order valence-electron chi connectivity index (χ0n) is 11.7. The smallest absolute Gasteiger partial charge is 0.305 e. The number of thiazole rings is 1. The number of H-pyrrole nitrogens is 1. The molecule has 0 saturated carbocycles. The van der Waals surface area contributed by atoms with Crippen LogP contribution in [0.3, 0.4) is 0 Å². The number of nitrogens with one attached hydrogen (secondary N) is 1. The fourth-order valence-corrected chi connectivity index (χ4v) is 5.97. The maximum atomic E-state index is 11.8. The van der Waals surface area contributed by atoms with Gasteiger partial charge in [-0.05, 0) is 16.8 Å². The van der Waals surface area contributed by atoms with E-state index in [1.807, 2.05) is 0 Å². The molecule has 0 saturated heterocycles. The third-order valence-electron chi connectivity index (χ3n) is 4.53. The molecule has 5 heteroatoms. The highest BCUT2D eigenvalue weighted by Gasteiger charge is 2.39. The molecule has 0 amide bonds. The Morgan fingerprint density at radius 2 is 2.09 bits per heavy atom. The van der Waals surface area contributed by atoms with E-state index in [-0.39, 0.29) is 10.8 Å². The number of thioether (sulfide) groups is 1. The normalized spacial score (nSPS) is 22.5. The van der Waals surface area contributed by atoms with Crippen LogP contribution in [0.15, 0.2) is 46.2 Å². The summed E-state index contributed by atoms with van der Waals surface area (Å²) in [5.41, 5.74) is 1.26. The summed E-state index contributed by atoms with van der Waals surface area (Å²) in [5.74, 6) is 2.67. The van der Waals surface area contributed by atoms with Crippen LogP contribution in [-0.2, 0) is 0 Å². The van der Waals surface area contributed by atoms with Crippen molar-refractivity contribution in [1.29, 1.82) is 0 Å². The lowest BCUT2D eigenvalue weighted by molar-refractivity contribution is 0.220. The fourth-order valence-electron chi connectivity index (χ4n) is 3.57. The number of aromatic amines is 1. The van der Waals surface area contributed by atoms with Gasteiger partial charge in [0.25, 0.3) is 0 Å². The number of hydrogen-bond donors (Lipinski definition) is 1. The Kier molecular flexibility index (Phi) is 2.69. The fraction of sp³-hybridized carbons (Fsp3) is 0.235. The highest BCUT2D eigenvalue weighted by Crippen LogP contribution is 2.51. The van der Waals surface area contributed by atoms with Crippen molar-refractivity contribution in [3.63, 3.8) is 0 Å². The van der Waals surface area contributed by atoms with Crippen molar-refractivity contribution in [1.82, 2.24) is 4.98 Å². The van der Waals surface area contributed by atoms with Crippen LogP contribution in [0.5, 0.6) is 5.75 Å². The molecule has 5 rings (SSSR count). The second-order valence-corrected chi connectivity index (χ2v) is 7.81. The average Bonchev–Trinajstić information content (AvgIpc) is 2.94. The summed E-state index contributed by atoms with van der Waals surface area (Å²) in [6.45, 7) is 0.731. The quantitative estimate of drug-likeness (QED) is 0.682. The summed E-state index contributed by atoms with van der Waals surface area (Å²) >= 11 is 3.11. The summed E-state index contributed by atoms with van der Waals surface area (Å²) in [6.07, 6.45) is 0. The van der Waals surface area contributed by atoms with Gasteiger partial charge >= 0.3 is 4.87 Å². The van der Waals surface area contributed by atoms with Gasteiger partial charge in [0.2, 0.25) is 0 Å². The topological polar surface area (TPSA) is 42.1 Å². The van der Waals surface area contributed by atoms with Gasteiger partial charge in [0.1, 0.15) is 5.75 Å². The molecular formula is C17H13NO2S2. The molecule has 1 aromatic heterocycles. The molecule has 0 fully saturated rings. The Morgan fingerprint density at radius 3 is 3.05 bits per heavy atom. The summed E-state index contributed by atoms with van der Waals surface area (Å²) in [6, 6.07) is 12.6. The van der Waals surface area contributed by atoms with E-state index in [1.165, 1.54) is 32.5 Å². The van der Waals surface area contributed by atoms with Crippen molar-refractivity contribution in [2.45, 2.75) is 10.9 Å². The van der Waals surface area contributed by atoms with Crippen molar-refractivity contribution in [3.05, 3.63) is 56.5 Å². The van der Waals surface area contributed by atoms with Crippen LogP contribution in [0.25, 0.3) is 10.8 Å². The Morgan fingerprint density at radius 1 is 1.18 bits per heavy atom. The van der Waals surface area contributed by atoms with Crippen molar-refractivity contribution in [2.24, 2.45) is 5.92 Å². The van der Waals surface area contributed by atoms with E-state index in [2.05, 4.69) is 41.4 Å². The Balaban J connectivity index is 1.84. The summed E-state index contributed by atoms with van der Waals surface area (Å²) < 4.78 is 6.03. The van der Waals surface area contributed by atoms with Crippen molar-refractivity contribution < 1.29 is 4.74 Å². The number of rotatable bonds is 0. The Hall–Kier alpha value is -1.72. The summed E-state index contributed by atoms with van der Waals surface area (Å²) in [4.78, 5) is 16.1. The number of aromatic nitrogens is 1. The SMILES string of the molecule is O=c1[nH]c2c(s1)[C@@H]1c3c(ccc4ccccc34)OC[C@@H]1CS2. The van der Waals surface area contributed by atoms with Gasteiger partial charge in [0, 0.05) is 28.0 Å². The summed E-state index contributed by atoms with van der Waals surface area (Å²) in [5, 5.41) is 3.53. The molecule has 3 aromatic rings. The van der Waals surface area contributed by atoms with E-state index in [0.29, 0.717) is 5.92 Å². The first-order valence-electron chi connectivity index (χ1n) is 7.31. The zero-order valence-corrected chi connectivity index (χ0v) is 13.3. The molecule has 0 aliphatic carbocycles. The van der Waals surface area contributed by atoms with E-state index in [4.69, 9.17) is 4.74 Å². The largest absolute Gasteiger partial charge is 0.493 e. The van der Waals surface area contributed by atoms with Crippen molar-refractivity contribution in [2.75, 3.05) is 12.4 Å². The lowest BCUT2D eigenvalue weighted by atomic mass is 9.81. The lowest BCUT2D eigenvalue weighted by Crippen LogP contribution is -2.30. The minimum Gasteiger partial charge on any atom is -0.493 e. The van der Waals surface area contributed by atoms with Crippen LogP contribution in [0.2, 0.25) is 0 Å². The molecule has 1 N–H and O–H groups in total. The number of benzene rings is 2. The first kappa shape index (κ1) is 12.8. The van der Waals surface area contributed by atoms with Crippen LogP contribution in [-0.4, -0.2) is 17.3 Å². The number of ether oxygens (including phenoxy) is 1. The minimum atomic E-state index is 0.0476. The molecule has 2 aromatic carbocycles. The van der Waals surface area contributed by atoms with Gasteiger partial charge in [-0.1, -0.05) is 41.7 Å². The van der Waals surface area contributed by atoms with Gasteiger partial charge in [-0.2, -0.15) is 0 Å². The second-order valence-electron chi connectivity index (χ2n) is 5.77. The van der Waals surface area contributed by atoms with Gasteiger partial charge < -0.3 is 9.72 Å². The molecular weight excluding hydrogens is 314 g/mol. The first-order valence-corrected chi connectivity index (χ1v) is 9.12. The molecule has 110 valence electrons. The maximum absolute atomic E-state index is 11.8. The molecule has 2 aliphatic rings. The molecule has 3 heterocycles. The van der Waals surface area contributed by atoms with E-state index in [9.17, 15) is 4.79 Å². The predicted octanol–water partition coefficient (Wildman–Crippen LogP) is 3.84. The van der Waals surface area contributed by atoms with E-state index < -0.39 is 0 Å². The highest BCUT2D eigenvalue weighted by molar-refractivity contribution is 7.99. The predicted molar refractivity (Wildman–Crippen MR) is 90.4 cm³/mol. The molecule has 0 spiro atoms. The molecule has 2 aliphatic heterocycles. The third kappa shape index (κ3) is 1.72. The second kappa shape index (κ2) is 4.64. The van der Waals surface area contributed by atoms with Gasteiger partial charge in [-0.15, -0.1) is 11.8 Å². The Bertz CT molecular complexity index is 943. The molecule has 0 unspecified atom stereocenters. The van der Waals surface area contributed by atoms with Crippen molar-refractivity contribution >= 4 is 33.9 Å². The minimum absolute atomic E-state index is 0.0476. The van der Waals surface area contributed by atoms with E-state index >= 15 is 0 Å². The number of hydrogen-bond acceptors (Lipinski definition) is 4. The highest BCUT2D eigenvalue weighted by atomic mass is 32.2. The molecule has 0 radical (unpaired) electrons. The van der Waals surface area contributed by atoms with Gasteiger partial charge in [-0.3, -0.25) is 4.79 Å². The van der Waals surface area contributed by atoms with Crippen LogP contribution in [0.4, 0.5) is 0 Å². The van der Waals surface area contributed by atoms with E-state index in [0.717, 1.165) is 23.1 Å². The number of fused-ring (bicyclic) bond motifs is 7. The lowest BCUT2D eigenvalue weighted by Gasteiger charge is -2.36. The van der Waals surface area contributed by atoms with Crippen LogP contribution >= 0.6 is 23.1 Å². The third-order valence-corrected chi connectivity index (χ3v) is 6.83. The van der Waals surface area contributed by atoms with Gasteiger partial charge in [-0.25, -0.2) is 0 Å². The first-order chi connectivity index (χ1) is 10.8. The zero-order chi connectivity index (χ0) is 14.7. The van der Waals surface area contributed by atoms with Crippen LogP contribution in [0, 0.1) is 5.92 Å². The van der Waals surface area contributed by atoms with Crippen molar-refractivity contribution in [3.8, 4) is 5.75 Å². The van der Waals surface area contributed by atoms with Gasteiger partial charge in [0.15, 0.2) is 0 Å². The molecule has 3 nitrogen and oxygen atoms in total. The van der Waals surface area contributed by atoms with Crippen LogP contribution < -0.4 is 9.61 Å². The monoisotopic (exact) mass is 327 g/mol. The van der Waals surface area contributed by atoms with Crippen LogP contribution in [0.1, 0.15) is 16.4 Å². The summed E-state index contributed by atoms with van der Waals surface area (Å²) in [7, 11) is 0. The molecule has 0 bridgehead atoms. The standard InChI is InChI=1S/C17H13NO2S2/c19-17-18-16-15(22-17)13-10(8-21-16)7-20-12-6-5-9-3-1-2-4-11(9)14(12)13/h1-6,10,13H,7-8H2,(H,18,19)/t10-,13+/m1/s1. The maximum Gasteiger partial charge on any atom is 0.305 e. The van der Waals surface area contributed by atoms with Gasteiger partial charge in [0.05, 0.1) is 11.6 Å². The molecule has 22 heavy (non-hydrogen) atoms. The average molecular weight is 327 g/mol. The Labute approximate surface area is 135 Å². The molecule has 2 atom stereocenters.